The van der Waals surface area contributed by atoms with Gasteiger partial charge in [0.1, 0.15) is 5.75 Å². The number of phenols is 1. The Bertz CT molecular complexity index is 308. The number of halogens is 2. The van der Waals surface area contributed by atoms with Crippen molar-refractivity contribution in [3.8, 4) is 5.75 Å². The topological polar surface area (TPSA) is 72.3 Å². The summed E-state index contributed by atoms with van der Waals surface area (Å²) < 4.78 is 1.27. The zero-order valence-corrected chi connectivity index (χ0v) is 10.7. The molecule has 0 saturated heterocycles. The van der Waals surface area contributed by atoms with Gasteiger partial charge in [-0.1, -0.05) is 0 Å². The Labute approximate surface area is 99.7 Å². The van der Waals surface area contributed by atoms with E-state index in [4.69, 9.17) is 11.5 Å². The van der Waals surface area contributed by atoms with Crippen LogP contribution in [0.4, 0.5) is 0 Å². The molecule has 5 heteroatoms. The lowest BCUT2D eigenvalue weighted by atomic mass is 10.0. The van der Waals surface area contributed by atoms with E-state index in [9.17, 15) is 5.11 Å². The monoisotopic (exact) mass is 322 g/mol. The van der Waals surface area contributed by atoms with E-state index in [1.54, 1.807) is 12.1 Å². The van der Waals surface area contributed by atoms with Crippen LogP contribution in [0.3, 0.4) is 0 Å². The highest BCUT2D eigenvalue weighted by Crippen LogP contribution is 2.35. The van der Waals surface area contributed by atoms with Crippen LogP contribution in [-0.2, 0) is 0 Å². The third-order valence-electron chi connectivity index (χ3n) is 1.95. The summed E-state index contributed by atoms with van der Waals surface area (Å²) in [5.41, 5.74) is 12.3. The van der Waals surface area contributed by atoms with Gasteiger partial charge in [-0.05, 0) is 62.5 Å². The Balaban J connectivity index is 3.00. The lowest BCUT2D eigenvalue weighted by Crippen LogP contribution is -2.15. The van der Waals surface area contributed by atoms with Crippen LogP contribution < -0.4 is 11.5 Å². The predicted octanol–water partition coefficient (Wildman–Crippen LogP) is 2.27. The zero-order valence-electron chi connectivity index (χ0n) is 7.50. The minimum atomic E-state index is -0.0896. The van der Waals surface area contributed by atoms with Crippen molar-refractivity contribution in [2.45, 2.75) is 12.5 Å². The van der Waals surface area contributed by atoms with Crippen LogP contribution in [0.5, 0.6) is 5.75 Å². The van der Waals surface area contributed by atoms with Crippen molar-refractivity contribution in [2.75, 3.05) is 6.54 Å². The summed E-state index contributed by atoms with van der Waals surface area (Å²) in [6.07, 6.45) is 0.726. The van der Waals surface area contributed by atoms with Gasteiger partial charge in [-0.3, -0.25) is 0 Å². The van der Waals surface area contributed by atoms with Gasteiger partial charge in [0.2, 0.25) is 0 Å². The van der Waals surface area contributed by atoms with Crippen molar-refractivity contribution in [3.05, 3.63) is 26.6 Å². The van der Waals surface area contributed by atoms with Crippen LogP contribution >= 0.6 is 31.9 Å². The largest absolute Gasteiger partial charge is 0.506 e. The number of hydrogen-bond donors (Lipinski definition) is 3. The molecule has 1 aromatic carbocycles. The number of hydrogen-bond acceptors (Lipinski definition) is 3. The van der Waals surface area contributed by atoms with E-state index < -0.39 is 0 Å². The molecule has 1 rings (SSSR count). The molecule has 3 nitrogen and oxygen atoms in total. The van der Waals surface area contributed by atoms with Gasteiger partial charge in [0, 0.05) is 6.04 Å². The number of nitrogens with two attached hydrogens (primary N) is 2. The van der Waals surface area contributed by atoms with Crippen LogP contribution in [0.15, 0.2) is 21.1 Å². The lowest BCUT2D eigenvalue weighted by Gasteiger charge is -2.12. The fraction of sp³-hybridized carbons (Fsp3) is 0.333. The Morgan fingerprint density at radius 2 is 1.79 bits per heavy atom. The Morgan fingerprint density at radius 3 is 2.21 bits per heavy atom. The second-order valence-corrected chi connectivity index (χ2v) is 4.73. The van der Waals surface area contributed by atoms with Crippen LogP contribution in [0.2, 0.25) is 0 Å². The molecule has 0 aliphatic heterocycles. The summed E-state index contributed by atoms with van der Waals surface area (Å²) in [5.74, 6) is 0.189. The third-order valence-corrected chi connectivity index (χ3v) is 3.15. The zero-order chi connectivity index (χ0) is 10.7. The van der Waals surface area contributed by atoms with Gasteiger partial charge in [-0.2, -0.15) is 0 Å². The molecule has 0 radical (unpaired) electrons. The molecule has 0 bridgehead atoms. The summed E-state index contributed by atoms with van der Waals surface area (Å²) in [4.78, 5) is 0. The third kappa shape index (κ3) is 2.70. The highest BCUT2D eigenvalue weighted by Gasteiger charge is 2.10. The van der Waals surface area contributed by atoms with E-state index >= 15 is 0 Å². The maximum atomic E-state index is 9.48. The minimum Gasteiger partial charge on any atom is -0.506 e. The number of rotatable bonds is 3. The van der Waals surface area contributed by atoms with Gasteiger partial charge in [0.05, 0.1) is 8.95 Å². The molecule has 5 N–H and O–H groups in total. The molecule has 0 aliphatic carbocycles. The van der Waals surface area contributed by atoms with E-state index in [2.05, 4.69) is 31.9 Å². The first kappa shape index (κ1) is 12.0. The molecular formula is C9H12Br2N2O. The van der Waals surface area contributed by atoms with Crippen molar-refractivity contribution in [3.63, 3.8) is 0 Å². The predicted molar refractivity (Wildman–Crippen MR) is 64.1 cm³/mol. The Morgan fingerprint density at radius 1 is 1.29 bits per heavy atom. The van der Waals surface area contributed by atoms with Gasteiger partial charge in [-0.25, -0.2) is 0 Å². The van der Waals surface area contributed by atoms with E-state index in [0.29, 0.717) is 15.5 Å². The molecule has 0 aromatic heterocycles. The van der Waals surface area contributed by atoms with E-state index in [1.165, 1.54) is 0 Å². The fourth-order valence-corrected chi connectivity index (χ4v) is 2.37. The van der Waals surface area contributed by atoms with Crippen molar-refractivity contribution in [1.29, 1.82) is 0 Å². The molecule has 0 spiro atoms. The lowest BCUT2D eigenvalue weighted by molar-refractivity contribution is 0.467. The average molecular weight is 324 g/mol. The van der Waals surface area contributed by atoms with Crippen molar-refractivity contribution in [2.24, 2.45) is 11.5 Å². The first-order chi connectivity index (χ1) is 6.56. The fourth-order valence-electron chi connectivity index (χ4n) is 1.15. The summed E-state index contributed by atoms with van der Waals surface area (Å²) >= 11 is 6.50. The first-order valence-electron chi connectivity index (χ1n) is 4.19. The summed E-state index contributed by atoms with van der Waals surface area (Å²) in [7, 11) is 0. The van der Waals surface area contributed by atoms with Gasteiger partial charge >= 0.3 is 0 Å². The average Bonchev–Trinajstić information content (AvgIpc) is 2.13. The molecule has 0 heterocycles. The van der Waals surface area contributed by atoms with E-state index in [0.717, 1.165) is 12.0 Å². The number of phenolic OH excluding ortho intramolecular Hbond substituents is 1. The second kappa shape index (κ2) is 5.11. The molecule has 1 aromatic rings. The molecule has 78 valence electrons. The van der Waals surface area contributed by atoms with E-state index in [1.807, 2.05) is 0 Å². The Kier molecular flexibility index (Phi) is 4.37. The minimum absolute atomic E-state index is 0.0896. The molecular weight excluding hydrogens is 312 g/mol. The quantitative estimate of drug-likeness (QED) is 0.799. The molecule has 14 heavy (non-hydrogen) atoms. The molecule has 0 unspecified atom stereocenters. The van der Waals surface area contributed by atoms with Crippen LogP contribution in [0, 0.1) is 0 Å². The van der Waals surface area contributed by atoms with Crippen LogP contribution in [0.25, 0.3) is 0 Å². The highest BCUT2D eigenvalue weighted by atomic mass is 79.9. The standard InChI is InChI=1S/C9H12Br2N2O/c10-6-3-5(8(13)1-2-12)4-7(11)9(6)14/h3-4,8,14H,1-2,12-13H2/t8-/m0/s1. The van der Waals surface area contributed by atoms with Gasteiger partial charge in [0.15, 0.2) is 0 Å². The molecule has 0 saturated carbocycles. The Hall–Kier alpha value is -0.100. The normalized spacial score (nSPS) is 12.9. The molecule has 0 aliphatic rings. The molecule has 1 atom stereocenters. The smallest absolute Gasteiger partial charge is 0.143 e. The van der Waals surface area contributed by atoms with Crippen molar-refractivity contribution >= 4 is 31.9 Å². The van der Waals surface area contributed by atoms with E-state index in [-0.39, 0.29) is 11.8 Å². The second-order valence-electron chi connectivity index (χ2n) is 3.02. The molecule has 0 amide bonds. The van der Waals surface area contributed by atoms with Crippen molar-refractivity contribution in [1.82, 2.24) is 0 Å². The maximum absolute atomic E-state index is 9.48. The van der Waals surface area contributed by atoms with Gasteiger partial charge in [-0.15, -0.1) is 0 Å². The first-order valence-corrected chi connectivity index (χ1v) is 5.78. The SMILES string of the molecule is NCC[C@H](N)c1cc(Br)c(O)c(Br)c1. The summed E-state index contributed by atoms with van der Waals surface area (Å²) in [6, 6.07) is 3.52. The summed E-state index contributed by atoms with van der Waals surface area (Å²) in [5, 5.41) is 9.48. The molecule has 0 fully saturated rings. The number of benzene rings is 1. The summed E-state index contributed by atoms with van der Waals surface area (Å²) in [6.45, 7) is 0.553. The number of aromatic hydroxyl groups is 1. The van der Waals surface area contributed by atoms with Gasteiger partial charge in [0.25, 0.3) is 0 Å². The maximum Gasteiger partial charge on any atom is 0.143 e. The highest BCUT2D eigenvalue weighted by molar-refractivity contribution is 9.11. The van der Waals surface area contributed by atoms with Crippen LogP contribution in [-0.4, -0.2) is 11.7 Å². The van der Waals surface area contributed by atoms with Crippen molar-refractivity contribution < 1.29 is 5.11 Å². The van der Waals surface area contributed by atoms with Gasteiger partial charge < -0.3 is 16.6 Å². The van der Waals surface area contributed by atoms with Crippen LogP contribution in [0.1, 0.15) is 18.0 Å².